The lowest BCUT2D eigenvalue weighted by Crippen LogP contribution is -2.40. The van der Waals surface area contributed by atoms with E-state index in [0.29, 0.717) is 5.69 Å². The Morgan fingerprint density at radius 1 is 0.714 bits per heavy atom. The Bertz CT molecular complexity index is 1150. The van der Waals surface area contributed by atoms with Crippen molar-refractivity contribution in [2.24, 2.45) is 0 Å². The number of non-ortho nitro benzene ring substituents is 2. The van der Waals surface area contributed by atoms with Crippen molar-refractivity contribution in [3.8, 4) is 0 Å². The average Bonchev–Trinajstić information content (AvgIpc) is 2.66. The maximum absolute atomic E-state index is 13.0. The molecule has 0 unspecified atom stereocenters. The van der Waals surface area contributed by atoms with Crippen molar-refractivity contribution >= 4 is 39.6 Å². The molecule has 0 bridgehead atoms. The number of nitro groups is 2. The van der Waals surface area contributed by atoms with Gasteiger partial charge in [0.2, 0.25) is 0 Å². The highest BCUT2D eigenvalue weighted by atomic mass is 16.6. The Morgan fingerprint density at radius 3 is 1.61 bits per heavy atom. The molecule has 1 heterocycles. The van der Waals surface area contributed by atoms with Crippen LogP contribution < -0.4 is 4.90 Å². The van der Waals surface area contributed by atoms with Crippen molar-refractivity contribution in [1.82, 2.24) is 0 Å². The lowest BCUT2D eigenvalue weighted by atomic mass is 9.91. The summed E-state index contributed by atoms with van der Waals surface area (Å²) in [6.07, 6.45) is 0. The SMILES string of the molecule is Cc1ccc(N2C(=O)c3ccc([N+](=O)[O-])c4c([N+](=O)[O-])ccc(c34)C2=O)cc1. The van der Waals surface area contributed by atoms with E-state index in [1.165, 1.54) is 12.1 Å². The first-order chi connectivity index (χ1) is 13.3. The van der Waals surface area contributed by atoms with E-state index < -0.39 is 33.0 Å². The van der Waals surface area contributed by atoms with Crippen molar-refractivity contribution in [1.29, 1.82) is 0 Å². The van der Waals surface area contributed by atoms with E-state index in [0.717, 1.165) is 22.6 Å². The van der Waals surface area contributed by atoms with E-state index >= 15 is 0 Å². The van der Waals surface area contributed by atoms with Crippen LogP contribution in [-0.4, -0.2) is 21.7 Å². The molecule has 0 spiro atoms. The minimum atomic E-state index is -0.767. The highest BCUT2D eigenvalue weighted by Gasteiger charge is 2.38. The molecule has 0 aliphatic carbocycles. The molecule has 0 atom stereocenters. The first-order valence-corrected chi connectivity index (χ1v) is 8.15. The van der Waals surface area contributed by atoms with Gasteiger partial charge >= 0.3 is 0 Å². The predicted molar refractivity (Wildman–Crippen MR) is 99.6 cm³/mol. The lowest BCUT2D eigenvalue weighted by molar-refractivity contribution is -0.390. The molecule has 1 aliphatic heterocycles. The highest BCUT2D eigenvalue weighted by Crippen LogP contribution is 2.41. The molecule has 9 nitrogen and oxygen atoms in total. The monoisotopic (exact) mass is 377 g/mol. The molecule has 0 saturated carbocycles. The van der Waals surface area contributed by atoms with Gasteiger partial charge in [-0.25, -0.2) is 4.90 Å². The van der Waals surface area contributed by atoms with Crippen LogP contribution >= 0.6 is 0 Å². The van der Waals surface area contributed by atoms with E-state index in [1.807, 2.05) is 6.92 Å². The van der Waals surface area contributed by atoms with Crippen molar-refractivity contribution in [3.05, 3.63) is 85.4 Å². The minimum absolute atomic E-state index is 0.000486. The summed E-state index contributed by atoms with van der Waals surface area (Å²) in [7, 11) is 0. The van der Waals surface area contributed by atoms with Gasteiger partial charge in [-0.1, -0.05) is 17.7 Å². The number of rotatable bonds is 3. The number of anilines is 1. The summed E-state index contributed by atoms with van der Waals surface area (Å²) < 4.78 is 0. The van der Waals surface area contributed by atoms with Crippen molar-refractivity contribution in [2.75, 3.05) is 4.90 Å². The van der Waals surface area contributed by atoms with Crippen LogP contribution in [0.15, 0.2) is 48.5 Å². The fourth-order valence-corrected chi connectivity index (χ4v) is 3.38. The molecule has 0 aromatic heterocycles. The van der Waals surface area contributed by atoms with Gasteiger partial charge in [0.05, 0.1) is 15.5 Å². The summed E-state index contributed by atoms with van der Waals surface area (Å²) in [6, 6.07) is 11.3. The fraction of sp³-hybridized carbons (Fsp3) is 0.0526. The van der Waals surface area contributed by atoms with Crippen LogP contribution in [0.25, 0.3) is 10.8 Å². The number of benzene rings is 3. The zero-order valence-corrected chi connectivity index (χ0v) is 14.4. The van der Waals surface area contributed by atoms with Crippen molar-refractivity contribution < 1.29 is 19.4 Å². The lowest BCUT2D eigenvalue weighted by Gasteiger charge is -2.27. The summed E-state index contributed by atoms with van der Waals surface area (Å²) in [5, 5.41) is 22.4. The summed E-state index contributed by atoms with van der Waals surface area (Å²) in [6.45, 7) is 1.86. The van der Waals surface area contributed by atoms with Crippen LogP contribution in [0.5, 0.6) is 0 Å². The number of hydrogen-bond acceptors (Lipinski definition) is 6. The second-order valence-electron chi connectivity index (χ2n) is 6.31. The van der Waals surface area contributed by atoms with Gasteiger partial charge in [0.1, 0.15) is 5.39 Å². The van der Waals surface area contributed by atoms with Crippen LogP contribution in [-0.2, 0) is 0 Å². The van der Waals surface area contributed by atoms with Gasteiger partial charge < -0.3 is 0 Å². The molecule has 2 amide bonds. The molecule has 3 aromatic carbocycles. The van der Waals surface area contributed by atoms with Gasteiger partial charge in [-0.05, 0) is 31.2 Å². The topological polar surface area (TPSA) is 124 Å². The maximum Gasteiger partial charge on any atom is 0.284 e. The number of imide groups is 1. The standard InChI is InChI=1S/C19H11N3O6/c1-10-2-4-11(5-3-10)20-18(23)12-6-8-14(21(25)26)17-15(22(27)28)9-7-13(16(12)17)19(20)24/h2-9H,1H3. The maximum atomic E-state index is 13.0. The molecule has 1 aliphatic rings. The molecule has 28 heavy (non-hydrogen) atoms. The van der Waals surface area contributed by atoms with Crippen LogP contribution in [0, 0.1) is 27.2 Å². The number of carbonyl (C=O) groups is 2. The normalized spacial score (nSPS) is 13.1. The minimum Gasteiger partial charge on any atom is -0.268 e. The molecule has 0 N–H and O–H groups in total. The largest absolute Gasteiger partial charge is 0.284 e. The smallest absolute Gasteiger partial charge is 0.268 e. The molecule has 0 saturated heterocycles. The number of nitrogens with zero attached hydrogens (tertiary/aromatic N) is 3. The second-order valence-corrected chi connectivity index (χ2v) is 6.31. The average molecular weight is 377 g/mol. The van der Waals surface area contributed by atoms with E-state index in [-0.39, 0.29) is 21.9 Å². The predicted octanol–water partition coefficient (Wildman–Crippen LogP) is 3.77. The van der Waals surface area contributed by atoms with Crippen LogP contribution in [0.4, 0.5) is 17.1 Å². The summed E-state index contributed by atoms with van der Waals surface area (Å²) in [4.78, 5) is 48.3. The number of nitro benzene ring substituents is 2. The quantitative estimate of drug-likeness (QED) is 0.389. The Kier molecular flexibility index (Phi) is 3.67. The summed E-state index contributed by atoms with van der Waals surface area (Å²) >= 11 is 0. The Labute approximate surface area is 157 Å². The highest BCUT2D eigenvalue weighted by molar-refractivity contribution is 6.37. The zero-order chi connectivity index (χ0) is 20.2. The van der Waals surface area contributed by atoms with Gasteiger partial charge in [-0.2, -0.15) is 0 Å². The zero-order valence-electron chi connectivity index (χ0n) is 14.4. The first-order valence-electron chi connectivity index (χ1n) is 8.15. The third-order valence-corrected chi connectivity index (χ3v) is 4.67. The molecule has 0 radical (unpaired) electrons. The third-order valence-electron chi connectivity index (χ3n) is 4.67. The van der Waals surface area contributed by atoms with E-state index in [2.05, 4.69) is 0 Å². The summed E-state index contributed by atoms with van der Waals surface area (Å²) in [5.41, 5.74) is 0.220. The Morgan fingerprint density at radius 2 is 1.18 bits per heavy atom. The second kappa shape index (κ2) is 5.95. The van der Waals surface area contributed by atoms with Crippen LogP contribution in [0.1, 0.15) is 26.3 Å². The summed E-state index contributed by atoms with van der Waals surface area (Å²) in [5.74, 6) is -1.39. The van der Waals surface area contributed by atoms with Gasteiger partial charge in [-0.3, -0.25) is 29.8 Å². The van der Waals surface area contributed by atoms with Crippen molar-refractivity contribution in [3.63, 3.8) is 0 Å². The van der Waals surface area contributed by atoms with Gasteiger partial charge in [-0.15, -0.1) is 0 Å². The van der Waals surface area contributed by atoms with Crippen molar-refractivity contribution in [2.45, 2.75) is 6.92 Å². The van der Waals surface area contributed by atoms with E-state index in [9.17, 15) is 29.8 Å². The Balaban J connectivity index is 2.05. The van der Waals surface area contributed by atoms with Gasteiger partial charge in [0.15, 0.2) is 0 Å². The molecule has 9 heteroatoms. The number of aryl methyl sites for hydroxylation is 1. The fourth-order valence-electron chi connectivity index (χ4n) is 3.38. The Hall–Kier alpha value is -4.14. The molecule has 3 aromatic rings. The van der Waals surface area contributed by atoms with Gasteiger partial charge in [0.25, 0.3) is 23.2 Å². The van der Waals surface area contributed by atoms with E-state index in [4.69, 9.17) is 0 Å². The van der Waals surface area contributed by atoms with Crippen LogP contribution in [0.2, 0.25) is 0 Å². The molecule has 138 valence electrons. The van der Waals surface area contributed by atoms with E-state index in [1.54, 1.807) is 24.3 Å². The first kappa shape index (κ1) is 17.3. The molecule has 0 fully saturated rings. The molecular weight excluding hydrogens is 366 g/mol. The number of carbonyl (C=O) groups excluding carboxylic acids is 2. The number of amides is 2. The third kappa shape index (κ3) is 2.33. The van der Waals surface area contributed by atoms with Crippen LogP contribution in [0.3, 0.4) is 0 Å². The molecule has 4 rings (SSSR count). The molecular formula is C19H11N3O6. The number of hydrogen-bond donors (Lipinski definition) is 0. The van der Waals surface area contributed by atoms with Gasteiger partial charge in [0, 0.05) is 28.6 Å².